The fourth-order valence-corrected chi connectivity index (χ4v) is 3.00. The second kappa shape index (κ2) is 7.15. The van der Waals surface area contributed by atoms with Gasteiger partial charge in [0.2, 0.25) is 0 Å². The van der Waals surface area contributed by atoms with Gasteiger partial charge in [0.1, 0.15) is 5.82 Å². The van der Waals surface area contributed by atoms with Crippen LogP contribution in [0.1, 0.15) is 22.8 Å². The van der Waals surface area contributed by atoms with Crippen molar-refractivity contribution in [2.45, 2.75) is 26.9 Å². The van der Waals surface area contributed by atoms with E-state index in [-0.39, 0.29) is 0 Å². The summed E-state index contributed by atoms with van der Waals surface area (Å²) in [7, 11) is 3.73. The van der Waals surface area contributed by atoms with Gasteiger partial charge in [-0.1, -0.05) is 12.1 Å². The average Bonchev–Trinajstić information content (AvgIpc) is 3.07. The molecule has 0 saturated carbocycles. The first kappa shape index (κ1) is 16.7. The summed E-state index contributed by atoms with van der Waals surface area (Å²) in [6, 6.07) is 8.12. The molecule has 0 amide bonds. The Morgan fingerprint density at radius 3 is 2.67 bits per heavy atom. The van der Waals surface area contributed by atoms with Crippen LogP contribution in [0, 0.1) is 13.8 Å². The van der Waals surface area contributed by atoms with E-state index in [4.69, 9.17) is 9.72 Å². The summed E-state index contributed by atoms with van der Waals surface area (Å²) in [6.45, 7) is 7.32. The summed E-state index contributed by atoms with van der Waals surface area (Å²) in [4.78, 5) is 10.4. The molecule has 0 fully saturated rings. The summed E-state index contributed by atoms with van der Waals surface area (Å²) in [5.74, 6) is 0.978. The lowest BCUT2D eigenvalue weighted by atomic mass is 10.2. The van der Waals surface area contributed by atoms with Crippen molar-refractivity contribution in [3.05, 3.63) is 47.0 Å². The van der Waals surface area contributed by atoms with E-state index in [0.717, 1.165) is 42.2 Å². The highest BCUT2D eigenvalue weighted by Crippen LogP contribution is 2.17. The molecule has 0 spiro atoms. The van der Waals surface area contributed by atoms with Gasteiger partial charge in [-0.05, 0) is 26.0 Å². The standard InChI is InChI=1S/C18H25N5O/c1-13-15(14(2)22(3)21-13)11-23(9-10-24-4)12-18-19-16-7-5-6-8-17(16)20-18/h5-8H,9-12H2,1-4H3,(H,19,20). The van der Waals surface area contributed by atoms with Crippen molar-refractivity contribution in [2.24, 2.45) is 7.05 Å². The first-order valence-electron chi connectivity index (χ1n) is 8.22. The number of hydrogen-bond donors (Lipinski definition) is 1. The number of ether oxygens (including phenoxy) is 1. The Labute approximate surface area is 142 Å². The lowest BCUT2D eigenvalue weighted by Crippen LogP contribution is -2.27. The van der Waals surface area contributed by atoms with Crippen LogP contribution in [0.4, 0.5) is 0 Å². The number of imidazole rings is 1. The summed E-state index contributed by atoms with van der Waals surface area (Å²) in [5, 5.41) is 4.52. The fourth-order valence-electron chi connectivity index (χ4n) is 3.00. The fraction of sp³-hybridized carbons (Fsp3) is 0.444. The number of aromatic amines is 1. The molecule has 1 N–H and O–H groups in total. The van der Waals surface area contributed by atoms with Crippen molar-refractivity contribution >= 4 is 11.0 Å². The van der Waals surface area contributed by atoms with Crippen LogP contribution < -0.4 is 0 Å². The molecule has 1 aromatic carbocycles. The zero-order valence-electron chi connectivity index (χ0n) is 14.8. The number of para-hydroxylation sites is 2. The molecular weight excluding hydrogens is 302 g/mol. The van der Waals surface area contributed by atoms with Crippen LogP contribution in [0.5, 0.6) is 0 Å². The van der Waals surface area contributed by atoms with E-state index in [9.17, 15) is 0 Å². The van der Waals surface area contributed by atoms with Crippen LogP contribution in [0.15, 0.2) is 24.3 Å². The van der Waals surface area contributed by atoms with E-state index in [2.05, 4.69) is 34.9 Å². The molecule has 0 aliphatic carbocycles. The number of aryl methyl sites for hydroxylation is 2. The van der Waals surface area contributed by atoms with Gasteiger partial charge >= 0.3 is 0 Å². The zero-order chi connectivity index (χ0) is 17.1. The van der Waals surface area contributed by atoms with Gasteiger partial charge in [0.05, 0.1) is 29.9 Å². The van der Waals surface area contributed by atoms with E-state index in [0.29, 0.717) is 6.61 Å². The minimum atomic E-state index is 0.693. The van der Waals surface area contributed by atoms with Crippen LogP contribution in [-0.4, -0.2) is 44.9 Å². The van der Waals surface area contributed by atoms with Crippen LogP contribution in [0.25, 0.3) is 11.0 Å². The van der Waals surface area contributed by atoms with E-state index in [1.807, 2.05) is 29.9 Å². The Morgan fingerprint density at radius 2 is 2.00 bits per heavy atom. The number of fused-ring (bicyclic) bond motifs is 1. The zero-order valence-corrected chi connectivity index (χ0v) is 14.8. The topological polar surface area (TPSA) is 59.0 Å². The Kier molecular flexibility index (Phi) is 4.97. The molecule has 24 heavy (non-hydrogen) atoms. The lowest BCUT2D eigenvalue weighted by Gasteiger charge is -2.21. The van der Waals surface area contributed by atoms with Gasteiger partial charge in [0.15, 0.2) is 0 Å². The average molecular weight is 327 g/mol. The molecule has 0 unspecified atom stereocenters. The van der Waals surface area contributed by atoms with Gasteiger partial charge in [0.25, 0.3) is 0 Å². The first-order valence-corrected chi connectivity index (χ1v) is 8.22. The van der Waals surface area contributed by atoms with Gasteiger partial charge in [-0.15, -0.1) is 0 Å². The van der Waals surface area contributed by atoms with Crippen LogP contribution in [-0.2, 0) is 24.9 Å². The van der Waals surface area contributed by atoms with Crippen molar-refractivity contribution in [1.82, 2.24) is 24.6 Å². The molecule has 0 saturated heterocycles. The number of benzene rings is 1. The molecular formula is C18H25N5O. The van der Waals surface area contributed by atoms with Gasteiger partial charge in [0, 0.05) is 38.5 Å². The van der Waals surface area contributed by atoms with Crippen LogP contribution in [0.2, 0.25) is 0 Å². The Hall–Kier alpha value is -2.18. The van der Waals surface area contributed by atoms with Crippen molar-refractivity contribution in [2.75, 3.05) is 20.3 Å². The first-order chi connectivity index (χ1) is 11.6. The highest BCUT2D eigenvalue weighted by molar-refractivity contribution is 5.74. The van der Waals surface area contributed by atoms with E-state index in [1.165, 1.54) is 11.3 Å². The van der Waals surface area contributed by atoms with Gasteiger partial charge in [-0.2, -0.15) is 5.10 Å². The SMILES string of the molecule is COCCN(Cc1nc2ccccc2[nH]1)Cc1c(C)nn(C)c1C. The number of methoxy groups -OCH3 is 1. The predicted molar refractivity (Wildman–Crippen MR) is 94.8 cm³/mol. The Bertz CT molecular complexity index is 787. The minimum absolute atomic E-state index is 0.693. The third-order valence-electron chi connectivity index (χ3n) is 4.46. The number of hydrogen-bond acceptors (Lipinski definition) is 4. The molecule has 2 heterocycles. The molecule has 6 nitrogen and oxygen atoms in total. The van der Waals surface area contributed by atoms with Crippen LogP contribution in [0.3, 0.4) is 0 Å². The second-order valence-electron chi connectivity index (χ2n) is 6.18. The molecule has 0 radical (unpaired) electrons. The molecule has 0 aliphatic heterocycles. The number of nitrogens with one attached hydrogen (secondary N) is 1. The predicted octanol–water partition coefficient (Wildman–Crippen LogP) is 2.56. The molecule has 0 aliphatic rings. The van der Waals surface area contributed by atoms with E-state index in [1.54, 1.807) is 7.11 Å². The molecule has 0 bridgehead atoms. The normalized spacial score (nSPS) is 11.7. The molecule has 3 aromatic rings. The molecule has 0 atom stereocenters. The summed E-state index contributed by atoms with van der Waals surface area (Å²) in [5.41, 5.74) is 5.66. The minimum Gasteiger partial charge on any atom is -0.383 e. The smallest absolute Gasteiger partial charge is 0.121 e. The van der Waals surface area contributed by atoms with Crippen LogP contribution >= 0.6 is 0 Å². The summed E-state index contributed by atoms with van der Waals surface area (Å²) >= 11 is 0. The van der Waals surface area contributed by atoms with E-state index < -0.39 is 0 Å². The van der Waals surface area contributed by atoms with Crippen molar-refractivity contribution in [3.63, 3.8) is 0 Å². The molecule has 128 valence electrons. The monoisotopic (exact) mass is 327 g/mol. The maximum atomic E-state index is 5.28. The maximum absolute atomic E-state index is 5.28. The maximum Gasteiger partial charge on any atom is 0.121 e. The van der Waals surface area contributed by atoms with E-state index >= 15 is 0 Å². The summed E-state index contributed by atoms with van der Waals surface area (Å²) in [6.07, 6.45) is 0. The van der Waals surface area contributed by atoms with Gasteiger partial charge < -0.3 is 9.72 Å². The number of H-pyrrole nitrogens is 1. The highest BCUT2D eigenvalue weighted by atomic mass is 16.5. The highest BCUT2D eigenvalue weighted by Gasteiger charge is 2.15. The summed E-state index contributed by atoms with van der Waals surface area (Å²) < 4.78 is 7.22. The second-order valence-corrected chi connectivity index (χ2v) is 6.18. The lowest BCUT2D eigenvalue weighted by molar-refractivity contribution is 0.138. The van der Waals surface area contributed by atoms with Gasteiger partial charge in [-0.3, -0.25) is 9.58 Å². The number of rotatable bonds is 7. The van der Waals surface area contributed by atoms with Crippen molar-refractivity contribution < 1.29 is 4.74 Å². The third kappa shape index (κ3) is 3.49. The number of nitrogens with zero attached hydrogens (tertiary/aromatic N) is 4. The number of aromatic nitrogens is 4. The third-order valence-corrected chi connectivity index (χ3v) is 4.46. The van der Waals surface area contributed by atoms with Crippen molar-refractivity contribution in [1.29, 1.82) is 0 Å². The van der Waals surface area contributed by atoms with Crippen molar-refractivity contribution in [3.8, 4) is 0 Å². The van der Waals surface area contributed by atoms with Gasteiger partial charge in [-0.25, -0.2) is 4.98 Å². The Morgan fingerprint density at radius 1 is 1.21 bits per heavy atom. The molecule has 2 aromatic heterocycles. The Balaban J connectivity index is 1.80. The molecule has 6 heteroatoms. The molecule has 3 rings (SSSR count). The largest absolute Gasteiger partial charge is 0.383 e. The quantitative estimate of drug-likeness (QED) is 0.724.